The van der Waals surface area contributed by atoms with Gasteiger partial charge in [-0.1, -0.05) is 74.6 Å². The standard InChI is InChI=1S/C31H32F3N5O2S/c1-21(2)28-7-5-4-6-24(28)18-27(42)20-35-19-22-8-10-23(11-9-22)29-37-30(36-16-17-40-3)39(38-29)25-12-14-26(15-13-25)41-31(32,33)34/h4-15,19,21H,16-18,20H2,1-3H3,(H,36,37,38). The van der Waals surface area contributed by atoms with E-state index in [2.05, 4.69) is 57.2 Å². The molecule has 0 fully saturated rings. The van der Waals surface area contributed by atoms with Crippen LogP contribution < -0.4 is 10.1 Å². The second-order valence-electron chi connectivity index (χ2n) is 9.79. The van der Waals surface area contributed by atoms with Gasteiger partial charge in [-0.15, -0.1) is 18.3 Å². The third-order valence-electron chi connectivity index (χ3n) is 6.25. The van der Waals surface area contributed by atoms with E-state index in [1.165, 1.54) is 40.1 Å². The maximum atomic E-state index is 12.6. The Morgan fingerprint density at radius 2 is 1.76 bits per heavy atom. The molecule has 0 saturated carbocycles. The first-order valence-electron chi connectivity index (χ1n) is 13.4. The van der Waals surface area contributed by atoms with Gasteiger partial charge in [0.2, 0.25) is 5.95 Å². The van der Waals surface area contributed by atoms with E-state index in [1.54, 1.807) is 13.3 Å². The molecule has 0 spiro atoms. The van der Waals surface area contributed by atoms with Crippen molar-refractivity contribution >= 4 is 29.2 Å². The summed E-state index contributed by atoms with van der Waals surface area (Å²) in [4.78, 5) is 10.0. The Kier molecular flexibility index (Phi) is 10.4. The average Bonchev–Trinajstić information content (AvgIpc) is 3.37. The lowest BCUT2D eigenvalue weighted by molar-refractivity contribution is -0.274. The number of nitrogens with one attached hydrogen (secondary N) is 1. The number of methoxy groups -OCH3 is 1. The molecule has 1 N–H and O–H groups in total. The first-order chi connectivity index (χ1) is 20.1. The molecule has 4 aromatic rings. The lowest BCUT2D eigenvalue weighted by Gasteiger charge is -2.12. The third kappa shape index (κ3) is 8.70. The highest BCUT2D eigenvalue weighted by Gasteiger charge is 2.31. The number of hydrogen-bond acceptors (Lipinski definition) is 7. The predicted octanol–water partition coefficient (Wildman–Crippen LogP) is 7.05. The minimum atomic E-state index is -4.77. The summed E-state index contributed by atoms with van der Waals surface area (Å²) in [6.45, 7) is 5.71. The average molecular weight is 596 g/mol. The Morgan fingerprint density at radius 1 is 1.05 bits per heavy atom. The zero-order valence-corrected chi connectivity index (χ0v) is 24.4. The van der Waals surface area contributed by atoms with Crippen molar-refractivity contribution in [2.24, 2.45) is 4.99 Å². The topological polar surface area (TPSA) is 73.6 Å². The van der Waals surface area contributed by atoms with E-state index in [-0.39, 0.29) is 5.75 Å². The molecule has 0 bridgehead atoms. The van der Waals surface area contributed by atoms with Crippen LogP contribution in [0.5, 0.6) is 5.75 Å². The molecule has 0 atom stereocenters. The normalized spacial score (nSPS) is 11.8. The lowest BCUT2D eigenvalue weighted by atomic mass is 9.94. The van der Waals surface area contributed by atoms with Gasteiger partial charge in [0.1, 0.15) is 5.75 Å². The molecule has 1 aromatic heterocycles. The van der Waals surface area contributed by atoms with Crippen LogP contribution in [0, 0.1) is 0 Å². The number of rotatable bonds is 13. The molecule has 11 heteroatoms. The number of aromatic nitrogens is 3. The fourth-order valence-corrected chi connectivity index (χ4v) is 4.51. The van der Waals surface area contributed by atoms with Gasteiger partial charge in [0, 0.05) is 36.7 Å². The van der Waals surface area contributed by atoms with Crippen molar-refractivity contribution in [1.82, 2.24) is 14.8 Å². The largest absolute Gasteiger partial charge is 0.573 e. The van der Waals surface area contributed by atoms with Gasteiger partial charge in [0.05, 0.1) is 18.8 Å². The molecule has 0 radical (unpaired) electrons. The molecule has 4 rings (SSSR count). The fraction of sp³-hybridized carbons (Fsp3) is 0.290. The highest BCUT2D eigenvalue weighted by molar-refractivity contribution is 7.80. The van der Waals surface area contributed by atoms with Crippen LogP contribution in [0.3, 0.4) is 0 Å². The zero-order valence-electron chi connectivity index (χ0n) is 23.6. The van der Waals surface area contributed by atoms with E-state index in [0.29, 0.717) is 49.5 Å². The van der Waals surface area contributed by atoms with Crippen molar-refractivity contribution in [2.45, 2.75) is 32.5 Å². The van der Waals surface area contributed by atoms with Crippen molar-refractivity contribution in [3.63, 3.8) is 0 Å². The second kappa shape index (κ2) is 14.2. The number of benzene rings is 3. The van der Waals surface area contributed by atoms with Crippen LogP contribution in [0.4, 0.5) is 19.1 Å². The van der Waals surface area contributed by atoms with Gasteiger partial charge < -0.3 is 14.8 Å². The van der Waals surface area contributed by atoms with E-state index < -0.39 is 6.36 Å². The Morgan fingerprint density at radius 3 is 2.43 bits per heavy atom. The van der Waals surface area contributed by atoms with Crippen molar-refractivity contribution in [3.8, 4) is 22.8 Å². The van der Waals surface area contributed by atoms with Gasteiger partial charge in [-0.05, 0) is 46.9 Å². The number of nitrogens with zero attached hydrogens (tertiary/aromatic N) is 4. The molecule has 0 saturated heterocycles. The summed E-state index contributed by atoms with van der Waals surface area (Å²) >= 11 is 5.60. The van der Waals surface area contributed by atoms with Crippen LogP contribution in [0.15, 0.2) is 77.8 Å². The molecule has 0 aliphatic carbocycles. The highest BCUT2D eigenvalue weighted by atomic mass is 32.1. The number of thiocarbonyl (C=S) groups is 1. The minimum absolute atomic E-state index is 0.320. The van der Waals surface area contributed by atoms with Crippen LogP contribution in [-0.2, 0) is 11.2 Å². The monoisotopic (exact) mass is 595 g/mol. The van der Waals surface area contributed by atoms with Gasteiger partial charge in [-0.3, -0.25) is 4.99 Å². The molecule has 42 heavy (non-hydrogen) atoms. The quantitative estimate of drug-likeness (QED) is 0.102. The smallest absolute Gasteiger partial charge is 0.406 e. The summed E-state index contributed by atoms with van der Waals surface area (Å²) in [5, 5.41) is 7.75. The number of halogens is 3. The zero-order chi connectivity index (χ0) is 30.1. The lowest BCUT2D eigenvalue weighted by Crippen LogP contribution is -2.17. The number of alkyl halides is 3. The summed E-state index contributed by atoms with van der Waals surface area (Å²) in [5.74, 6) is 0.977. The fourth-order valence-electron chi connectivity index (χ4n) is 4.28. The van der Waals surface area contributed by atoms with E-state index >= 15 is 0 Å². The molecule has 0 aliphatic heterocycles. The van der Waals surface area contributed by atoms with Crippen LogP contribution in [0.25, 0.3) is 17.1 Å². The number of hydrogen-bond donors (Lipinski definition) is 1. The molecule has 220 valence electrons. The van der Waals surface area contributed by atoms with E-state index in [0.717, 1.165) is 16.0 Å². The van der Waals surface area contributed by atoms with Crippen LogP contribution in [0.1, 0.15) is 36.5 Å². The molecular weight excluding hydrogens is 563 g/mol. The Bertz CT molecular complexity index is 1500. The molecule has 1 heterocycles. The van der Waals surface area contributed by atoms with E-state index in [9.17, 15) is 13.2 Å². The van der Waals surface area contributed by atoms with Crippen LogP contribution >= 0.6 is 12.2 Å². The van der Waals surface area contributed by atoms with Crippen molar-refractivity contribution in [2.75, 3.05) is 32.1 Å². The highest BCUT2D eigenvalue weighted by Crippen LogP contribution is 2.26. The Balaban J connectivity index is 1.45. The maximum absolute atomic E-state index is 12.6. The summed E-state index contributed by atoms with van der Waals surface area (Å²) in [5.41, 5.74) is 4.73. The SMILES string of the molecule is COCCNc1nc(-c2ccc(C=NCC(=S)Cc3ccccc3C(C)C)cc2)nn1-c1ccc(OC(F)(F)F)cc1. The summed E-state index contributed by atoms with van der Waals surface area (Å²) < 4.78 is 48.3. The molecule has 7 nitrogen and oxygen atoms in total. The summed E-state index contributed by atoms with van der Waals surface area (Å²) in [6, 6.07) is 21.4. The molecule has 3 aromatic carbocycles. The second-order valence-corrected chi connectivity index (χ2v) is 10.4. The third-order valence-corrected chi connectivity index (χ3v) is 6.53. The van der Waals surface area contributed by atoms with Gasteiger partial charge >= 0.3 is 6.36 Å². The van der Waals surface area contributed by atoms with Gasteiger partial charge in [0.25, 0.3) is 0 Å². The van der Waals surface area contributed by atoms with E-state index in [4.69, 9.17) is 17.0 Å². The summed E-state index contributed by atoms with van der Waals surface area (Å²) in [7, 11) is 1.58. The first kappa shape index (κ1) is 30.9. The van der Waals surface area contributed by atoms with Gasteiger partial charge in [-0.2, -0.15) is 9.67 Å². The van der Waals surface area contributed by atoms with Crippen molar-refractivity contribution < 1.29 is 22.6 Å². The predicted molar refractivity (Wildman–Crippen MR) is 163 cm³/mol. The molecule has 0 unspecified atom stereocenters. The van der Waals surface area contributed by atoms with Crippen LogP contribution in [-0.4, -0.2) is 59.0 Å². The molecular formula is C31H32F3N5O2S. The maximum Gasteiger partial charge on any atom is 0.573 e. The van der Waals surface area contributed by atoms with Crippen LogP contribution in [0.2, 0.25) is 0 Å². The summed E-state index contributed by atoms with van der Waals surface area (Å²) in [6.07, 6.45) is -2.26. The van der Waals surface area contributed by atoms with Crippen molar-refractivity contribution in [3.05, 3.63) is 89.5 Å². The first-order valence-corrected chi connectivity index (χ1v) is 13.8. The number of aliphatic imine (C=N–C) groups is 1. The Labute approximate surface area is 248 Å². The molecule has 0 aliphatic rings. The van der Waals surface area contributed by atoms with Gasteiger partial charge in [0.15, 0.2) is 5.82 Å². The number of anilines is 1. The Hall–Kier alpha value is -4.09. The van der Waals surface area contributed by atoms with Crippen molar-refractivity contribution in [1.29, 1.82) is 0 Å². The van der Waals surface area contributed by atoms with Gasteiger partial charge in [-0.25, -0.2) is 0 Å². The minimum Gasteiger partial charge on any atom is -0.406 e. The molecule has 0 amide bonds. The van der Waals surface area contributed by atoms with E-state index in [1.807, 2.05) is 30.3 Å². The number of ether oxygens (including phenoxy) is 2.